The van der Waals surface area contributed by atoms with Crippen LogP contribution in [0.4, 0.5) is 14.6 Å². The highest BCUT2D eigenvalue weighted by Gasteiger charge is 2.25. The molecule has 0 radical (unpaired) electrons. The molecule has 10 nitrogen and oxygen atoms in total. The summed E-state index contributed by atoms with van der Waals surface area (Å²) in [7, 11) is 0. The Morgan fingerprint density at radius 1 is 1.03 bits per heavy atom. The van der Waals surface area contributed by atoms with Gasteiger partial charge in [-0.05, 0) is 55.3 Å². The second-order valence-corrected chi connectivity index (χ2v) is 9.20. The van der Waals surface area contributed by atoms with Crippen LogP contribution in [0.25, 0.3) is 28.3 Å². The molecule has 5 heterocycles. The van der Waals surface area contributed by atoms with Crippen molar-refractivity contribution in [3.05, 3.63) is 84.6 Å². The molecule has 0 atom stereocenters. The molecule has 1 aliphatic heterocycles. The number of hydrogen-bond acceptors (Lipinski definition) is 6. The maximum absolute atomic E-state index is 13.7. The van der Waals surface area contributed by atoms with E-state index in [1.54, 1.807) is 40.1 Å². The number of likely N-dealkylation sites (tertiary alicyclic amines) is 1. The van der Waals surface area contributed by atoms with Crippen LogP contribution in [0, 0.1) is 11.8 Å². The van der Waals surface area contributed by atoms with E-state index >= 15 is 0 Å². The molecule has 1 aliphatic rings. The second kappa shape index (κ2) is 10.0. The van der Waals surface area contributed by atoms with Crippen molar-refractivity contribution in [1.29, 1.82) is 0 Å². The molecule has 4 aromatic heterocycles. The molecule has 0 spiro atoms. The lowest BCUT2D eigenvalue weighted by atomic mass is 10.0. The first-order valence-corrected chi connectivity index (χ1v) is 12.3. The Balaban J connectivity index is 1.37. The van der Waals surface area contributed by atoms with Crippen LogP contribution in [-0.4, -0.2) is 59.4 Å². The fourth-order valence-corrected chi connectivity index (χ4v) is 4.78. The fraction of sp³-hybridized carbons (Fsp3) is 0.185. The third-order valence-electron chi connectivity index (χ3n) is 6.75. The highest BCUT2D eigenvalue weighted by molar-refractivity contribution is 6.03. The summed E-state index contributed by atoms with van der Waals surface area (Å²) in [5.41, 5.74) is 3.34. The Morgan fingerprint density at radius 3 is 2.56 bits per heavy atom. The molecule has 6 rings (SSSR count). The van der Waals surface area contributed by atoms with Crippen LogP contribution in [0.2, 0.25) is 0 Å². The Hall–Kier alpha value is -5.00. The highest BCUT2D eigenvalue weighted by atomic mass is 19.1. The van der Waals surface area contributed by atoms with Crippen LogP contribution in [0.3, 0.4) is 0 Å². The predicted molar refractivity (Wildman–Crippen MR) is 138 cm³/mol. The van der Waals surface area contributed by atoms with Gasteiger partial charge in [-0.3, -0.25) is 9.59 Å². The number of nitrogens with one attached hydrogen (secondary N) is 1. The summed E-state index contributed by atoms with van der Waals surface area (Å²) in [5.74, 6) is -1.38. The van der Waals surface area contributed by atoms with Crippen molar-refractivity contribution in [2.24, 2.45) is 0 Å². The molecular formula is C27H22F2N8O2. The Labute approximate surface area is 220 Å². The molecule has 1 N–H and O–H groups in total. The predicted octanol–water partition coefficient (Wildman–Crippen LogP) is 3.98. The number of anilines is 1. The highest BCUT2D eigenvalue weighted by Crippen LogP contribution is 2.35. The van der Waals surface area contributed by atoms with Gasteiger partial charge in [-0.1, -0.05) is 0 Å². The third kappa shape index (κ3) is 4.83. The number of rotatable bonds is 6. The number of hydrogen-bond donors (Lipinski definition) is 1. The first-order valence-electron chi connectivity index (χ1n) is 12.3. The van der Waals surface area contributed by atoms with Crippen LogP contribution in [-0.2, 0) is 4.79 Å². The molecule has 0 unspecified atom stereocenters. The Bertz CT molecular complexity index is 1670. The van der Waals surface area contributed by atoms with Crippen LogP contribution in [0.1, 0.15) is 29.2 Å². The number of halogens is 2. The molecule has 1 saturated heterocycles. The zero-order valence-electron chi connectivity index (χ0n) is 20.5. The molecule has 1 aromatic carbocycles. The van der Waals surface area contributed by atoms with E-state index in [0.717, 1.165) is 36.6 Å². The number of pyridine rings is 1. The lowest BCUT2D eigenvalue weighted by Crippen LogP contribution is -2.33. The first-order chi connectivity index (χ1) is 19.0. The van der Waals surface area contributed by atoms with Gasteiger partial charge in [0.15, 0.2) is 11.5 Å². The van der Waals surface area contributed by atoms with E-state index in [1.807, 2.05) is 6.07 Å². The van der Waals surface area contributed by atoms with Crippen LogP contribution in [0.5, 0.6) is 0 Å². The smallest absolute Gasteiger partial charge is 0.257 e. The summed E-state index contributed by atoms with van der Waals surface area (Å²) >= 11 is 0. The van der Waals surface area contributed by atoms with Gasteiger partial charge >= 0.3 is 0 Å². The quantitative estimate of drug-likeness (QED) is 0.264. The average molecular weight is 529 g/mol. The molecule has 0 bridgehead atoms. The third-order valence-corrected chi connectivity index (χ3v) is 6.75. The summed E-state index contributed by atoms with van der Waals surface area (Å²) in [6.07, 6.45) is 6.91. The van der Waals surface area contributed by atoms with E-state index < -0.39 is 11.9 Å². The summed E-state index contributed by atoms with van der Waals surface area (Å²) in [6, 6.07) is 12.2. The zero-order valence-corrected chi connectivity index (χ0v) is 20.5. The lowest BCUT2D eigenvalue weighted by molar-refractivity contribution is -0.119. The van der Waals surface area contributed by atoms with Gasteiger partial charge in [0, 0.05) is 42.5 Å². The number of benzene rings is 1. The minimum atomic E-state index is -0.755. The van der Waals surface area contributed by atoms with Crippen molar-refractivity contribution in [1.82, 2.24) is 34.0 Å². The van der Waals surface area contributed by atoms with E-state index in [1.165, 1.54) is 24.4 Å². The number of carbonyl (C=O) groups is 2. The number of imidazole rings is 2. The van der Waals surface area contributed by atoms with Gasteiger partial charge < -0.3 is 14.8 Å². The second-order valence-electron chi connectivity index (χ2n) is 9.20. The number of piperidine rings is 1. The van der Waals surface area contributed by atoms with Crippen LogP contribution < -0.4 is 5.32 Å². The van der Waals surface area contributed by atoms with Crippen molar-refractivity contribution in [2.75, 3.05) is 18.4 Å². The summed E-state index contributed by atoms with van der Waals surface area (Å²) in [6.45, 7) is 1.27. The average Bonchev–Trinajstić information content (AvgIpc) is 3.57. The molecule has 196 valence electrons. The number of aromatic nitrogens is 6. The number of fused-ring (bicyclic) bond motifs is 1. The van der Waals surface area contributed by atoms with Gasteiger partial charge in [0.05, 0.1) is 23.9 Å². The van der Waals surface area contributed by atoms with Gasteiger partial charge in [-0.25, -0.2) is 23.9 Å². The summed E-state index contributed by atoms with van der Waals surface area (Å²) in [4.78, 5) is 38.0. The SMILES string of the molecule is O=CN1CCC(n2cnc(-c3ccc(F)cc3)c2-c2ccc3nc(NC(=O)c4ccnc(F)c4)cn3n2)CC1. The Kier molecular flexibility index (Phi) is 6.27. The van der Waals surface area contributed by atoms with E-state index in [2.05, 4.69) is 24.8 Å². The van der Waals surface area contributed by atoms with E-state index in [-0.39, 0.29) is 23.2 Å². The van der Waals surface area contributed by atoms with Crippen LogP contribution >= 0.6 is 0 Å². The van der Waals surface area contributed by atoms with Gasteiger partial charge in [0.25, 0.3) is 5.91 Å². The maximum Gasteiger partial charge on any atom is 0.257 e. The van der Waals surface area contributed by atoms with Gasteiger partial charge in [0.1, 0.15) is 11.5 Å². The number of amides is 2. The van der Waals surface area contributed by atoms with Gasteiger partial charge in [-0.15, -0.1) is 0 Å². The van der Waals surface area contributed by atoms with Gasteiger partial charge in [0.2, 0.25) is 12.4 Å². The molecular weight excluding hydrogens is 506 g/mol. The summed E-state index contributed by atoms with van der Waals surface area (Å²) in [5, 5.41) is 7.41. The molecule has 12 heteroatoms. The monoisotopic (exact) mass is 528 g/mol. The molecule has 5 aromatic rings. The summed E-state index contributed by atoms with van der Waals surface area (Å²) < 4.78 is 30.7. The fourth-order valence-electron chi connectivity index (χ4n) is 4.78. The normalized spacial score (nSPS) is 14.1. The Morgan fingerprint density at radius 2 is 1.82 bits per heavy atom. The van der Waals surface area contributed by atoms with E-state index in [4.69, 9.17) is 5.10 Å². The van der Waals surface area contributed by atoms with E-state index in [0.29, 0.717) is 30.1 Å². The zero-order chi connectivity index (χ0) is 26.9. The molecule has 2 amide bonds. The van der Waals surface area contributed by atoms with Gasteiger partial charge in [-0.2, -0.15) is 9.49 Å². The van der Waals surface area contributed by atoms with Crippen LogP contribution in [0.15, 0.2) is 67.3 Å². The maximum atomic E-state index is 13.7. The van der Waals surface area contributed by atoms with Crippen molar-refractivity contribution in [3.8, 4) is 22.6 Å². The molecule has 1 fully saturated rings. The largest absolute Gasteiger partial charge is 0.345 e. The molecule has 0 aliphatic carbocycles. The first kappa shape index (κ1) is 24.3. The van der Waals surface area contributed by atoms with E-state index in [9.17, 15) is 18.4 Å². The molecule has 0 saturated carbocycles. The standard InChI is InChI=1S/C27H22F2N8O2/c28-19-3-1-17(2-4-19)25-26(36(15-31-25)20-8-11-35(16-38)12-9-20)21-5-6-24-32-23(14-37(24)34-21)33-27(39)18-7-10-30-22(29)13-18/h1-7,10,13-16,20H,8-9,11-12H2,(H,33,39). The lowest BCUT2D eigenvalue weighted by Gasteiger charge is -2.31. The minimum absolute atomic E-state index is 0.0915. The van der Waals surface area contributed by atoms with Crippen molar-refractivity contribution in [3.63, 3.8) is 0 Å². The van der Waals surface area contributed by atoms with Crippen molar-refractivity contribution < 1.29 is 18.4 Å². The number of nitrogens with zero attached hydrogens (tertiary/aromatic N) is 7. The molecule has 39 heavy (non-hydrogen) atoms. The van der Waals surface area contributed by atoms with Crippen molar-refractivity contribution in [2.45, 2.75) is 18.9 Å². The topological polar surface area (TPSA) is 110 Å². The minimum Gasteiger partial charge on any atom is -0.345 e. The number of carbonyl (C=O) groups excluding carboxylic acids is 2. The van der Waals surface area contributed by atoms with Crippen molar-refractivity contribution >= 4 is 23.8 Å².